The summed E-state index contributed by atoms with van der Waals surface area (Å²) in [5.74, 6) is 0.394. The summed E-state index contributed by atoms with van der Waals surface area (Å²) in [6, 6.07) is 19.4. The summed E-state index contributed by atoms with van der Waals surface area (Å²) in [5.41, 5.74) is 3.88. The third-order valence-electron chi connectivity index (χ3n) is 5.28. The van der Waals surface area contributed by atoms with Gasteiger partial charge in [0.2, 0.25) is 5.91 Å². The highest BCUT2D eigenvalue weighted by Crippen LogP contribution is 2.27. The van der Waals surface area contributed by atoms with Gasteiger partial charge in [-0.1, -0.05) is 48.5 Å². The normalized spacial score (nSPS) is 13.1. The van der Waals surface area contributed by atoms with Gasteiger partial charge in [0, 0.05) is 23.9 Å². The molecule has 0 spiro atoms. The molecule has 0 unspecified atom stereocenters. The summed E-state index contributed by atoms with van der Waals surface area (Å²) in [6.07, 6.45) is 0.825. The Labute approximate surface area is 166 Å². The molecule has 0 saturated carbocycles. The van der Waals surface area contributed by atoms with Crippen molar-refractivity contribution in [2.24, 2.45) is 0 Å². The minimum Gasteiger partial charge on any atom is -0.310 e. The van der Waals surface area contributed by atoms with E-state index in [1.807, 2.05) is 54.6 Å². The van der Waals surface area contributed by atoms with Gasteiger partial charge in [-0.25, -0.2) is 18.9 Å². The van der Waals surface area contributed by atoms with E-state index in [-0.39, 0.29) is 18.1 Å². The van der Waals surface area contributed by atoms with Crippen molar-refractivity contribution >= 4 is 17.2 Å². The number of hydrogen-bond donors (Lipinski definition) is 0. The first kappa shape index (κ1) is 17.4. The summed E-state index contributed by atoms with van der Waals surface area (Å²) in [4.78, 5) is 32.0. The molecule has 4 aromatic rings. The molecule has 7 heteroatoms. The van der Waals surface area contributed by atoms with Crippen LogP contribution in [0.4, 0.5) is 5.69 Å². The van der Waals surface area contributed by atoms with E-state index in [1.54, 1.807) is 17.9 Å². The highest BCUT2D eigenvalue weighted by Gasteiger charge is 2.25. The van der Waals surface area contributed by atoms with Crippen LogP contribution in [0.1, 0.15) is 11.4 Å². The SMILES string of the molecule is Cc1nc(-c2ccccc2)cc2nn(CC(=O)N3CCc4ccccc43)c(=O)n12. The summed E-state index contributed by atoms with van der Waals surface area (Å²) in [6.45, 7) is 2.29. The Morgan fingerprint density at radius 3 is 2.66 bits per heavy atom. The van der Waals surface area contributed by atoms with E-state index in [2.05, 4.69) is 10.1 Å². The zero-order valence-electron chi connectivity index (χ0n) is 15.9. The van der Waals surface area contributed by atoms with Crippen molar-refractivity contribution in [3.05, 3.63) is 82.5 Å². The molecule has 2 aromatic heterocycles. The van der Waals surface area contributed by atoms with Gasteiger partial charge in [-0.3, -0.25) is 4.79 Å². The Balaban J connectivity index is 1.50. The predicted molar refractivity (Wildman–Crippen MR) is 110 cm³/mol. The molecule has 1 aliphatic heterocycles. The fourth-order valence-electron chi connectivity index (χ4n) is 3.87. The number of anilines is 1. The number of para-hydroxylation sites is 1. The molecule has 0 radical (unpaired) electrons. The lowest BCUT2D eigenvalue weighted by atomic mass is 10.1. The van der Waals surface area contributed by atoms with E-state index >= 15 is 0 Å². The van der Waals surface area contributed by atoms with Gasteiger partial charge in [0.15, 0.2) is 5.65 Å². The second-order valence-electron chi connectivity index (χ2n) is 7.11. The molecule has 0 saturated heterocycles. The molecule has 0 aliphatic carbocycles. The average Bonchev–Trinajstić information content (AvgIpc) is 3.30. The summed E-state index contributed by atoms with van der Waals surface area (Å²) in [5, 5.41) is 4.41. The molecular formula is C22H19N5O2. The van der Waals surface area contributed by atoms with Crippen LogP contribution in [-0.2, 0) is 17.8 Å². The highest BCUT2D eigenvalue weighted by molar-refractivity contribution is 5.95. The minimum absolute atomic E-state index is 0.102. The number of fused-ring (bicyclic) bond motifs is 2. The fraction of sp³-hybridized carbons (Fsp3) is 0.182. The average molecular weight is 385 g/mol. The number of aromatic nitrogens is 4. The summed E-state index contributed by atoms with van der Waals surface area (Å²) in [7, 11) is 0. The van der Waals surface area contributed by atoms with Crippen LogP contribution in [0.3, 0.4) is 0 Å². The van der Waals surface area contributed by atoms with E-state index in [1.165, 1.54) is 9.08 Å². The second kappa shape index (κ2) is 6.70. The van der Waals surface area contributed by atoms with Gasteiger partial charge >= 0.3 is 5.69 Å². The van der Waals surface area contributed by atoms with Crippen LogP contribution in [-0.4, -0.2) is 31.6 Å². The number of benzene rings is 2. The zero-order valence-corrected chi connectivity index (χ0v) is 15.9. The fourth-order valence-corrected chi connectivity index (χ4v) is 3.87. The van der Waals surface area contributed by atoms with Gasteiger partial charge in [0.1, 0.15) is 12.4 Å². The molecule has 1 aliphatic rings. The topological polar surface area (TPSA) is 72.5 Å². The quantitative estimate of drug-likeness (QED) is 0.543. The van der Waals surface area contributed by atoms with Crippen molar-refractivity contribution in [3.63, 3.8) is 0 Å². The van der Waals surface area contributed by atoms with Crippen LogP contribution in [0.15, 0.2) is 65.5 Å². The van der Waals surface area contributed by atoms with E-state index in [0.717, 1.165) is 28.9 Å². The zero-order chi connectivity index (χ0) is 20.0. The number of carbonyl (C=O) groups is 1. The number of nitrogens with zero attached hydrogens (tertiary/aromatic N) is 5. The molecule has 1 amide bonds. The summed E-state index contributed by atoms with van der Waals surface area (Å²) < 4.78 is 2.67. The molecule has 2 aromatic carbocycles. The van der Waals surface area contributed by atoms with Gasteiger partial charge < -0.3 is 4.90 Å². The maximum atomic E-state index is 12.9. The second-order valence-corrected chi connectivity index (χ2v) is 7.11. The van der Waals surface area contributed by atoms with Gasteiger partial charge in [0.25, 0.3) is 0 Å². The first-order valence-corrected chi connectivity index (χ1v) is 9.53. The maximum Gasteiger partial charge on any atom is 0.352 e. The van der Waals surface area contributed by atoms with Gasteiger partial charge in [-0.15, -0.1) is 5.10 Å². The highest BCUT2D eigenvalue weighted by atomic mass is 16.2. The number of rotatable bonds is 3. The molecule has 5 rings (SSSR count). The lowest BCUT2D eigenvalue weighted by molar-refractivity contribution is -0.119. The third kappa shape index (κ3) is 2.91. The van der Waals surface area contributed by atoms with Crippen molar-refractivity contribution < 1.29 is 4.79 Å². The Hall–Kier alpha value is -3.74. The van der Waals surface area contributed by atoms with Gasteiger partial charge in [0.05, 0.1) is 5.69 Å². The first-order chi connectivity index (χ1) is 14.1. The van der Waals surface area contributed by atoms with Gasteiger partial charge in [-0.05, 0) is 25.0 Å². The first-order valence-electron chi connectivity index (χ1n) is 9.53. The Morgan fingerprint density at radius 2 is 1.83 bits per heavy atom. The monoisotopic (exact) mass is 385 g/mol. The molecule has 144 valence electrons. The number of amides is 1. The third-order valence-corrected chi connectivity index (χ3v) is 5.28. The van der Waals surface area contributed by atoms with Crippen molar-refractivity contribution in [2.75, 3.05) is 11.4 Å². The van der Waals surface area contributed by atoms with Crippen LogP contribution >= 0.6 is 0 Å². The molecule has 3 heterocycles. The van der Waals surface area contributed by atoms with Gasteiger partial charge in [-0.2, -0.15) is 0 Å². The Morgan fingerprint density at radius 1 is 1.07 bits per heavy atom. The van der Waals surface area contributed by atoms with Crippen LogP contribution in [0, 0.1) is 6.92 Å². The standard InChI is InChI=1S/C22H19N5O2/c1-15-23-18(16-7-3-2-4-8-16)13-20-24-26(22(29)27(15)20)14-21(28)25-12-11-17-9-5-6-10-19(17)25/h2-10,13H,11-12,14H2,1H3. The molecule has 0 N–H and O–H groups in total. The van der Waals surface area contributed by atoms with E-state index in [4.69, 9.17) is 0 Å². The number of hydrogen-bond acceptors (Lipinski definition) is 4. The van der Waals surface area contributed by atoms with Crippen molar-refractivity contribution in [1.29, 1.82) is 0 Å². The van der Waals surface area contributed by atoms with E-state index in [9.17, 15) is 9.59 Å². The van der Waals surface area contributed by atoms with E-state index < -0.39 is 0 Å². The molecule has 0 bridgehead atoms. The molecule has 29 heavy (non-hydrogen) atoms. The lowest BCUT2D eigenvalue weighted by Gasteiger charge is -2.16. The van der Waals surface area contributed by atoms with Crippen LogP contribution in [0.25, 0.3) is 16.9 Å². The van der Waals surface area contributed by atoms with Crippen LogP contribution in [0.2, 0.25) is 0 Å². The summed E-state index contributed by atoms with van der Waals surface area (Å²) >= 11 is 0. The van der Waals surface area contributed by atoms with Crippen molar-refractivity contribution in [3.8, 4) is 11.3 Å². The number of aryl methyl sites for hydroxylation is 1. The predicted octanol–water partition coefficient (Wildman–Crippen LogP) is 2.46. The largest absolute Gasteiger partial charge is 0.352 e. The molecule has 7 nitrogen and oxygen atoms in total. The Bertz CT molecular complexity index is 1290. The van der Waals surface area contributed by atoms with Crippen molar-refractivity contribution in [1.82, 2.24) is 19.2 Å². The molecule has 0 fully saturated rings. The maximum absolute atomic E-state index is 12.9. The van der Waals surface area contributed by atoms with Crippen molar-refractivity contribution in [2.45, 2.75) is 19.9 Å². The smallest absolute Gasteiger partial charge is 0.310 e. The van der Waals surface area contributed by atoms with Crippen LogP contribution in [0.5, 0.6) is 0 Å². The van der Waals surface area contributed by atoms with E-state index in [0.29, 0.717) is 18.0 Å². The van der Waals surface area contributed by atoms with Crippen LogP contribution < -0.4 is 10.6 Å². The Kier molecular flexibility index (Phi) is 4.01. The lowest BCUT2D eigenvalue weighted by Crippen LogP contribution is -2.36. The molecular weight excluding hydrogens is 366 g/mol. The number of carbonyl (C=O) groups excluding carboxylic acids is 1. The molecule has 0 atom stereocenters. The minimum atomic E-state index is -0.356.